The Kier molecular flexibility index (Phi) is 8.03. The number of amides is 3. The maximum atomic E-state index is 12.7. The van der Waals surface area contributed by atoms with Gasteiger partial charge in [0.2, 0.25) is 5.91 Å². The molecule has 0 bridgehead atoms. The second-order valence-electron chi connectivity index (χ2n) is 14.5. The van der Waals surface area contributed by atoms with Gasteiger partial charge in [-0.25, -0.2) is 9.59 Å². The van der Waals surface area contributed by atoms with Gasteiger partial charge in [0.05, 0.1) is 12.1 Å². The van der Waals surface area contributed by atoms with Crippen molar-refractivity contribution in [3.05, 3.63) is 11.6 Å². The smallest absolute Gasteiger partial charge is 0.331 e. The van der Waals surface area contributed by atoms with Crippen LogP contribution in [0, 0.1) is 34.5 Å². The highest BCUT2D eigenvalue weighted by atomic mass is 16.5. The van der Waals surface area contributed by atoms with Crippen LogP contribution in [-0.2, 0) is 23.9 Å². The fourth-order valence-corrected chi connectivity index (χ4v) is 10.4. The summed E-state index contributed by atoms with van der Waals surface area (Å²) in [6.45, 7) is 9.10. The number of piperazine rings is 1. The Bertz CT molecular complexity index is 1190. The van der Waals surface area contributed by atoms with Gasteiger partial charge in [-0.1, -0.05) is 13.8 Å². The summed E-state index contributed by atoms with van der Waals surface area (Å²) in [6.07, 6.45) is 7.92. The van der Waals surface area contributed by atoms with Crippen molar-refractivity contribution in [2.24, 2.45) is 34.5 Å². The van der Waals surface area contributed by atoms with Crippen molar-refractivity contribution in [1.29, 1.82) is 0 Å². The molecule has 2 aliphatic heterocycles. The second kappa shape index (κ2) is 11.4. The highest BCUT2D eigenvalue weighted by molar-refractivity contribution is 5.85. The number of nitrogens with one attached hydrogen (secondary N) is 3. The molecule has 1 saturated heterocycles. The summed E-state index contributed by atoms with van der Waals surface area (Å²) in [5.74, 6) is -0.0749. The van der Waals surface area contributed by atoms with Gasteiger partial charge in [0.25, 0.3) is 0 Å². The zero-order chi connectivity index (χ0) is 30.6. The number of fused-ring (bicyclic) bond motifs is 5. The minimum atomic E-state index is -1.01. The van der Waals surface area contributed by atoms with E-state index in [4.69, 9.17) is 9.47 Å². The summed E-state index contributed by atoms with van der Waals surface area (Å²) >= 11 is 0. The van der Waals surface area contributed by atoms with Gasteiger partial charge < -0.3 is 30.5 Å². The van der Waals surface area contributed by atoms with E-state index in [1.165, 1.54) is 6.92 Å². The Hall–Kier alpha value is -2.66. The molecule has 4 saturated carbocycles. The minimum absolute atomic E-state index is 0.0274. The highest BCUT2D eigenvalue weighted by Crippen LogP contribution is 2.70. The average molecular weight is 601 g/mol. The van der Waals surface area contributed by atoms with Crippen LogP contribution in [0.2, 0.25) is 0 Å². The summed E-state index contributed by atoms with van der Waals surface area (Å²) in [7, 11) is 0. The number of cyclic esters (lactones) is 1. The summed E-state index contributed by atoms with van der Waals surface area (Å²) in [4.78, 5) is 50.5. The lowest BCUT2D eigenvalue weighted by Crippen LogP contribution is -2.63. The summed E-state index contributed by atoms with van der Waals surface area (Å²) in [6, 6.07) is -0.0351. The quantitative estimate of drug-likeness (QED) is 0.338. The third-order valence-corrected chi connectivity index (χ3v) is 12.4. The molecule has 4 N–H and O–H groups in total. The topological polar surface area (TPSA) is 146 Å². The third kappa shape index (κ3) is 5.34. The fourth-order valence-electron chi connectivity index (χ4n) is 10.4. The lowest BCUT2D eigenvalue weighted by molar-refractivity contribution is -0.204. The van der Waals surface area contributed by atoms with E-state index < -0.39 is 17.1 Å². The monoisotopic (exact) mass is 600 g/mol. The molecule has 238 valence electrons. The van der Waals surface area contributed by atoms with Crippen molar-refractivity contribution >= 4 is 23.9 Å². The van der Waals surface area contributed by atoms with Crippen molar-refractivity contribution in [3.63, 3.8) is 0 Å². The van der Waals surface area contributed by atoms with E-state index in [2.05, 4.69) is 29.8 Å². The SMILES string of the molecule is CC(=O)O[C@H]1C[C@]2(O)[C@@H]3CC[C@@H]4C[C@@H](NC(=O)NCCN5CCNC(=O)C5)CC[C@]4(C)[C@H]3CC[C@]2(C)[C@H]1C1=CC(=O)OC1. The molecular formula is C32H48N4O7. The Morgan fingerprint density at radius 1 is 1.16 bits per heavy atom. The molecule has 0 unspecified atom stereocenters. The van der Waals surface area contributed by atoms with Crippen molar-refractivity contribution < 1.29 is 33.8 Å². The number of rotatable bonds is 6. The molecule has 0 aromatic heterocycles. The van der Waals surface area contributed by atoms with Crippen molar-refractivity contribution in [2.75, 3.05) is 39.3 Å². The molecule has 0 aromatic carbocycles. The standard InChI is InChI=1S/C32H48N4O7/c1-19(37)43-25-16-32(41)24-5-4-21-15-22(35-29(40)34-11-13-36-12-10-33-26(38)17-36)6-8-30(21,2)23(24)7-9-31(32,3)28(25)20-14-27(39)42-18-20/h14,21-25,28,41H,4-13,15-18H2,1-3H3,(H,33,38)(H2,34,35,40)/t21-,22+,23+,24-,25+,28+,30+,31-,32+/m1/s1. The maximum Gasteiger partial charge on any atom is 0.331 e. The lowest BCUT2D eigenvalue weighted by Gasteiger charge is -2.63. The number of carbonyl (C=O) groups excluding carboxylic acids is 4. The molecule has 0 aromatic rings. The normalized spacial score (nSPS) is 42.5. The number of hydrogen-bond acceptors (Lipinski definition) is 8. The van der Waals surface area contributed by atoms with Crippen LogP contribution in [0.5, 0.6) is 0 Å². The van der Waals surface area contributed by atoms with Gasteiger partial charge in [0.1, 0.15) is 12.7 Å². The first kappa shape index (κ1) is 30.4. The van der Waals surface area contributed by atoms with Crippen LogP contribution in [0.4, 0.5) is 4.79 Å². The third-order valence-electron chi connectivity index (χ3n) is 12.4. The van der Waals surface area contributed by atoms with Gasteiger partial charge in [0.15, 0.2) is 0 Å². The van der Waals surface area contributed by atoms with Gasteiger partial charge in [0, 0.05) is 63.0 Å². The van der Waals surface area contributed by atoms with E-state index in [1.807, 2.05) is 4.90 Å². The Morgan fingerprint density at radius 2 is 1.98 bits per heavy atom. The zero-order valence-corrected chi connectivity index (χ0v) is 25.8. The average Bonchev–Trinajstić information content (AvgIpc) is 3.45. The van der Waals surface area contributed by atoms with Crippen LogP contribution in [0.3, 0.4) is 0 Å². The van der Waals surface area contributed by atoms with E-state index in [1.54, 1.807) is 6.08 Å². The van der Waals surface area contributed by atoms with Crippen LogP contribution in [-0.4, -0.2) is 91.0 Å². The Balaban J connectivity index is 1.10. The zero-order valence-electron chi connectivity index (χ0n) is 25.8. The second-order valence-corrected chi connectivity index (χ2v) is 14.5. The van der Waals surface area contributed by atoms with Crippen LogP contribution in [0.25, 0.3) is 0 Å². The largest absolute Gasteiger partial charge is 0.462 e. The molecular weight excluding hydrogens is 552 g/mol. The molecule has 43 heavy (non-hydrogen) atoms. The van der Waals surface area contributed by atoms with E-state index in [0.717, 1.165) is 57.1 Å². The van der Waals surface area contributed by atoms with Crippen LogP contribution in [0.1, 0.15) is 72.1 Å². The predicted octanol–water partition coefficient (Wildman–Crippen LogP) is 1.88. The minimum Gasteiger partial charge on any atom is -0.462 e. The number of esters is 2. The molecule has 4 aliphatic carbocycles. The summed E-state index contributed by atoms with van der Waals surface area (Å²) in [5, 5.41) is 21.7. The first-order valence-electron chi connectivity index (χ1n) is 16.2. The molecule has 2 heterocycles. The van der Waals surface area contributed by atoms with E-state index in [0.29, 0.717) is 44.4 Å². The molecule has 9 atom stereocenters. The maximum absolute atomic E-state index is 12.7. The van der Waals surface area contributed by atoms with Crippen molar-refractivity contribution in [3.8, 4) is 0 Å². The first-order valence-corrected chi connectivity index (χ1v) is 16.2. The molecule has 5 fully saturated rings. The fraction of sp³-hybridized carbons (Fsp3) is 0.812. The number of urea groups is 1. The van der Waals surface area contributed by atoms with E-state index in [-0.39, 0.29) is 53.8 Å². The molecule has 6 aliphatic rings. The van der Waals surface area contributed by atoms with Gasteiger partial charge in [-0.15, -0.1) is 0 Å². The van der Waals surface area contributed by atoms with Crippen molar-refractivity contribution in [1.82, 2.24) is 20.9 Å². The summed E-state index contributed by atoms with van der Waals surface area (Å²) < 4.78 is 11.1. The Labute approximate surface area is 253 Å². The summed E-state index contributed by atoms with van der Waals surface area (Å²) in [5.41, 5.74) is -0.638. The Morgan fingerprint density at radius 3 is 2.70 bits per heavy atom. The molecule has 0 spiro atoms. The molecule has 0 radical (unpaired) electrons. The lowest BCUT2D eigenvalue weighted by atomic mass is 9.43. The van der Waals surface area contributed by atoms with Gasteiger partial charge in [-0.05, 0) is 73.7 Å². The molecule has 11 heteroatoms. The van der Waals surface area contributed by atoms with Crippen LogP contribution in [0.15, 0.2) is 11.6 Å². The highest BCUT2D eigenvalue weighted by Gasteiger charge is 2.71. The van der Waals surface area contributed by atoms with Gasteiger partial charge >= 0.3 is 18.0 Å². The molecule has 3 amide bonds. The van der Waals surface area contributed by atoms with Gasteiger partial charge in [-0.2, -0.15) is 0 Å². The number of ether oxygens (including phenoxy) is 2. The van der Waals surface area contributed by atoms with Crippen LogP contribution >= 0.6 is 0 Å². The van der Waals surface area contributed by atoms with E-state index >= 15 is 0 Å². The van der Waals surface area contributed by atoms with Crippen molar-refractivity contribution in [2.45, 2.75) is 89.9 Å². The molecule has 11 nitrogen and oxygen atoms in total. The molecule has 6 rings (SSSR count). The predicted molar refractivity (Wildman–Crippen MR) is 156 cm³/mol. The van der Waals surface area contributed by atoms with E-state index in [9.17, 15) is 24.3 Å². The number of carbonyl (C=O) groups is 4. The first-order chi connectivity index (χ1) is 20.4. The number of aliphatic hydroxyl groups is 1. The number of hydrogen-bond donors (Lipinski definition) is 4. The van der Waals surface area contributed by atoms with Gasteiger partial charge in [-0.3, -0.25) is 14.5 Å². The number of nitrogens with zero attached hydrogens (tertiary/aromatic N) is 1. The van der Waals surface area contributed by atoms with Crippen LogP contribution < -0.4 is 16.0 Å².